The molecule has 43 heavy (non-hydrogen) atoms. The van der Waals surface area contributed by atoms with Gasteiger partial charge in [0.15, 0.2) is 0 Å². The normalized spacial score (nSPS) is 11.1. The zero-order valence-corrected chi connectivity index (χ0v) is 28.6. The van der Waals surface area contributed by atoms with Crippen LogP contribution in [0, 0.1) is 0 Å². The summed E-state index contributed by atoms with van der Waals surface area (Å²) in [5.74, 6) is 0. The van der Waals surface area contributed by atoms with E-state index >= 15 is 0 Å². The van der Waals surface area contributed by atoms with Crippen LogP contribution in [0.3, 0.4) is 0 Å². The second kappa shape index (κ2) is 15.6. The molecule has 0 saturated heterocycles. The van der Waals surface area contributed by atoms with Crippen LogP contribution in [0.2, 0.25) is 0 Å². The summed E-state index contributed by atoms with van der Waals surface area (Å²) in [6.45, 7) is 0. The summed E-state index contributed by atoms with van der Waals surface area (Å²) in [6, 6.07) is 64.4. The number of benzene rings is 6. The van der Waals surface area contributed by atoms with Crippen LogP contribution in [0.5, 0.6) is 0 Å². The molecule has 0 aromatic heterocycles. The van der Waals surface area contributed by atoms with E-state index in [1.807, 2.05) is 0 Å². The molecule has 2 nitrogen and oxygen atoms in total. The van der Waals surface area contributed by atoms with Crippen LogP contribution in [0.25, 0.3) is 0 Å². The van der Waals surface area contributed by atoms with Crippen molar-refractivity contribution in [2.24, 2.45) is 0 Å². The molecule has 0 radical (unpaired) electrons. The van der Waals surface area contributed by atoms with Gasteiger partial charge in [0.25, 0.3) is 0 Å². The molecule has 0 spiro atoms. The van der Waals surface area contributed by atoms with E-state index in [4.69, 9.17) is 6.02 Å². The molecule has 6 rings (SSSR count). The average Bonchev–Trinajstić information content (AvgIpc) is 3.08. The van der Waals surface area contributed by atoms with Gasteiger partial charge in [-0.2, -0.15) is 0 Å². The van der Waals surface area contributed by atoms with Gasteiger partial charge < -0.3 is 0 Å². The molecule has 214 valence electrons. The van der Waals surface area contributed by atoms with Gasteiger partial charge in [0, 0.05) is 0 Å². The van der Waals surface area contributed by atoms with Crippen molar-refractivity contribution in [3.8, 4) is 0 Å². The maximum absolute atomic E-state index is 7.38. The zero-order valence-electron chi connectivity index (χ0n) is 23.5. The van der Waals surface area contributed by atoms with Crippen molar-refractivity contribution < 1.29 is 25.9 Å². The van der Waals surface area contributed by atoms with Crippen molar-refractivity contribution in [3.05, 3.63) is 182 Å². The van der Waals surface area contributed by atoms with Gasteiger partial charge >= 0.3 is 256 Å². The van der Waals surface area contributed by atoms with Gasteiger partial charge in [-0.05, 0) is 0 Å². The molecule has 6 aromatic carbocycles. The second-order valence-corrected chi connectivity index (χ2v) is 18.6. The monoisotopic (exact) mass is 670 g/mol. The first-order valence-electron chi connectivity index (χ1n) is 13.8. The fourth-order valence-electron chi connectivity index (χ4n) is 5.54. The summed E-state index contributed by atoms with van der Waals surface area (Å²) in [5.41, 5.74) is 0. The van der Waals surface area contributed by atoms with Gasteiger partial charge in [-0.25, -0.2) is 0 Å². The summed E-state index contributed by atoms with van der Waals surface area (Å²) < 4.78 is 14.8. The molecule has 0 aliphatic heterocycles. The molecule has 0 heterocycles. The molecule has 6 aromatic rings. The van der Waals surface area contributed by atoms with Crippen LogP contribution in [0.4, 0.5) is 0 Å². The fraction of sp³-hybridized carbons (Fsp3) is 0. The van der Waals surface area contributed by atoms with Crippen LogP contribution in [0.15, 0.2) is 182 Å². The first kappa shape index (κ1) is 32.9. The SMILES string of the molecule is Cl.Cl.c1ccc([Si]([O][Ti][O][Si](c2ccccc2)(c2ccccc2)c2ccccc2)(c2ccccc2)c2ccccc2)cc1. The number of hydrogen-bond acceptors (Lipinski definition) is 2. The molecule has 0 N–H and O–H groups in total. The molecular formula is C36H32Cl2O2Si2Ti. The Labute approximate surface area is 278 Å². The Morgan fingerprint density at radius 1 is 0.279 bits per heavy atom. The topological polar surface area (TPSA) is 18.5 Å². The van der Waals surface area contributed by atoms with Crippen LogP contribution in [-0.4, -0.2) is 16.6 Å². The van der Waals surface area contributed by atoms with Crippen LogP contribution < -0.4 is 31.1 Å². The Bertz CT molecular complexity index is 1330. The summed E-state index contributed by atoms with van der Waals surface area (Å²) in [4.78, 5) is 0. The van der Waals surface area contributed by atoms with E-state index in [-0.39, 0.29) is 24.8 Å². The maximum atomic E-state index is 7.38. The third-order valence-corrected chi connectivity index (χ3v) is 18.8. The van der Waals surface area contributed by atoms with E-state index in [9.17, 15) is 0 Å². The Balaban J connectivity index is 0.00000212. The standard InChI is InChI=1S/2C18H15OSi.2ClH.Ti/c2*19-20(16-10-4-1-5-11-16,17-12-6-2-7-13-17)18-14-8-3-9-15-18;;;/h2*1-15H;2*1H;/q2*-1;;;+2. The van der Waals surface area contributed by atoms with Gasteiger partial charge in [0.1, 0.15) is 0 Å². The van der Waals surface area contributed by atoms with Crippen LogP contribution in [-0.2, 0) is 25.9 Å². The van der Waals surface area contributed by atoms with Crippen LogP contribution in [0.1, 0.15) is 0 Å². The minimum absolute atomic E-state index is 0. The molecule has 0 aliphatic carbocycles. The molecular weight excluding hydrogens is 639 g/mol. The first-order valence-corrected chi connectivity index (χ1v) is 18.9. The molecule has 0 amide bonds. The number of rotatable bonds is 10. The summed E-state index contributed by atoms with van der Waals surface area (Å²) >= 11 is -1.37. The molecule has 7 heteroatoms. The van der Waals surface area contributed by atoms with E-state index in [1.54, 1.807) is 0 Å². The van der Waals surface area contributed by atoms with E-state index in [0.29, 0.717) is 0 Å². The predicted molar refractivity (Wildman–Crippen MR) is 185 cm³/mol. The van der Waals surface area contributed by atoms with Gasteiger partial charge in [-0.3, -0.25) is 0 Å². The van der Waals surface area contributed by atoms with E-state index in [0.717, 1.165) is 0 Å². The van der Waals surface area contributed by atoms with Gasteiger partial charge in [0.2, 0.25) is 0 Å². The molecule has 0 atom stereocenters. The Hall–Kier alpha value is -3.03. The van der Waals surface area contributed by atoms with Gasteiger partial charge in [-0.15, -0.1) is 24.8 Å². The summed E-state index contributed by atoms with van der Waals surface area (Å²) in [6.07, 6.45) is 0. The summed E-state index contributed by atoms with van der Waals surface area (Å²) in [7, 11) is -5.75. The fourth-order valence-corrected chi connectivity index (χ4v) is 17.7. The first-order chi connectivity index (χ1) is 20.3. The quantitative estimate of drug-likeness (QED) is 0.149. The van der Waals surface area contributed by atoms with E-state index in [1.165, 1.54) is 31.1 Å². The van der Waals surface area contributed by atoms with E-state index in [2.05, 4.69) is 182 Å². The van der Waals surface area contributed by atoms with Crippen molar-refractivity contribution in [2.45, 2.75) is 0 Å². The van der Waals surface area contributed by atoms with Crippen molar-refractivity contribution in [3.63, 3.8) is 0 Å². The summed E-state index contributed by atoms with van der Waals surface area (Å²) in [5, 5.41) is 7.31. The van der Waals surface area contributed by atoms with Crippen molar-refractivity contribution in [1.29, 1.82) is 0 Å². The predicted octanol–water partition coefficient (Wildman–Crippen LogP) is 5.11. The molecule has 0 unspecified atom stereocenters. The molecule has 0 bridgehead atoms. The Morgan fingerprint density at radius 2 is 0.442 bits per heavy atom. The van der Waals surface area contributed by atoms with Crippen molar-refractivity contribution in [2.75, 3.05) is 0 Å². The van der Waals surface area contributed by atoms with Gasteiger partial charge in [-0.1, -0.05) is 0 Å². The molecule has 0 fully saturated rings. The number of hydrogen-bond donors (Lipinski definition) is 0. The van der Waals surface area contributed by atoms with E-state index < -0.39 is 36.6 Å². The second-order valence-electron chi connectivity index (χ2n) is 9.85. The third kappa shape index (κ3) is 6.73. The van der Waals surface area contributed by atoms with Gasteiger partial charge in [0.05, 0.1) is 0 Å². The zero-order chi connectivity index (χ0) is 27.8. The average molecular weight is 672 g/mol. The minimum atomic E-state index is -2.87. The third-order valence-electron chi connectivity index (χ3n) is 7.47. The van der Waals surface area contributed by atoms with Crippen molar-refractivity contribution >= 4 is 72.6 Å². The Kier molecular flexibility index (Phi) is 11.9. The van der Waals surface area contributed by atoms with Crippen LogP contribution >= 0.6 is 24.8 Å². The van der Waals surface area contributed by atoms with Crippen molar-refractivity contribution in [1.82, 2.24) is 0 Å². The Morgan fingerprint density at radius 3 is 0.605 bits per heavy atom. The molecule has 0 aliphatic rings. The molecule has 0 saturated carbocycles. The number of halogens is 2.